The Labute approximate surface area is 150 Å². The van der Waals surface area contributed by atoms with E-state index in [4.69, 9.17) is 0 Å². The Bertz CT molecular complexity index is 847. The van der Waals surface area contributed by atoms with E-state index in [1.807, 2.05) is 48.5 Å². The summed E-state index contributed by atoms with van der Waals surface area (Å²) < 4.78 is 1.62. The first kappa shape index (κ1) is 17.2. The van der Waals surface area contributed by atoms with Gasteiger partial charge in [0.2, 0.25) is 11.1 Å². The van der Waals surface area contributed by atoms with Crippen LogP contribution in [0.25, 0.3) is 5.69 Å². The second-order valence-electron chi connectivity index (χ2n) is 5.83. The van der Waals surface area contributed by atoms with Crippen LogP contribution < -0.4 is 5.32 Å². The lowest BCUT2D eigenvalue weighted by Crippen LogP contribution is -2.14. The number of benzene rings is 2. The third-order valence-corrected chi connectivity index (χ3v) is 4.53. The normalized spacial score (nSPS) is 10.8. The van der Waals surface area contributed by atoms with Gasteiger partial charge in [-0.1, -0.05) is 55.9 Å². The Morgan fingerprint density at radius 1 is 1.16 bits per heavy atom. The Kier molecular flexibility index (Phi) is 5.45. The molecule has 3 rings (SSSR count). The number of carbonyl (C=O) groups is 1. The third kappa shape index (κ3) is 4.45. The van der Waals surface area contributed by atoms with E-state index in [1.165, 1.54) is 17.3 Å². The smallest absolute Gasteiger partial charge is 0.234 e. The maximum Gasteiger partial charge on any atom is 0.234 e. The maximum absolute atomic E-state index is 12.2. The van der Waals surface area contributed by atoms with Gasteiger partial charge in [0.1, 0.15) is 0 Å². The van der Waals surface area contributed by atoms with Gasteiger partial charge in [-0.3, -0.25) is 4.79 Å². The number of nitrogens with zero attached hydrogens (tertiary/aromatic N) is 4. The predicted octanol–water partition coefficient (Wildman–Crippen LogP) is 3.52. The summed E-state index contributed by atoms with van der Waals surface area (Å²) >= 11 is 1.30. The average Bonchev–Trinajstić information content (AvgIpc) is 3.09. The highest BCUT2D eigenvalue weighted by Crippen LogP contribution is 2.20. The molecule has 1 N–H and O–H groups in total. The number of nitrogens with one attached hydrogen (secondary N) is 1. The van der Waals surface area contributed by atoms with E-state index in [9.17, 15) is 4.79 Å². The molecular weight excluding hydrogens is 334 g/mol. The fourth-order valence-corrected chi connectivity index (χ4v) is 2.99. The molecule has 0 bridgehead atoms. The lowest BCUT2D eigenvalue weighted by molar-refractivity contribution is -0.113. The first-order valence-electron chi connectivity index (χ1n) is 8.00. The first-order valence-corrected chi connectivity index (χ1v) is 8.98. The number of para-hydroxylation sites is 1. The average molecular weight is 353 g/mol. The van der Waals surface area contributed by atoms with E-state index in [0.29, 0.717) is 11.1 Å². The molecule has 0 spiro atoms. The molecule has 0 radical (unpaired) electrons. The van der Waals surface area contributed by atoms with Crippen LogP contribution in [0.1, 0.15) is 25.3 Å². The van der Waals surface area contributed by atoms with Crippen molar-refractivity contribution in [3.8, 4) is 5.69 Å². The molecule has 1 heterocycles. The Morgan fingerprint density at radius 2 is 1.96 bits per heavy atom. The van der Waals surface area contributed by atoms with Crippen LogP contribution in [0.2, 0.25) is 0 Å². The summed E-state index contributed by atoms with van der Waals surface area (Å²) in [6.07, 6.45) is 0. The van der Waals surface area contributed by atoms with E-state index in [-0.39, 0.29) is 11.7 Å². The lowest BCUT2D eigenvalue weighted by atomic mass is 10.0. The zero-order chi connectivity index (χ0) is 17.6. The molecule has 25 heavy (non-hydrogen) atoms. The minimum atomic E-state index is -0.0893. The number of anilines is 1. The molecular formula is C18H19N5OS. The predicted molar refractivity (Wildman–Crippen MR) is 99.0 cm³/mol. The zero-order valence-corrected chi connectivity index (χ0v) is 14.9. The van der Waals surface area contributed by atoms with Gasteiger partial charge in [-0.25, -0.2) is 0 Å². The van der Waals surface area contributed by atoms with E-state index >= 15 is 0 Å². The molecule has 0 aliphatic rings. The zero-order valence-electron chi connectivity index (χ0n) is 14.1. The lowest BCUT2D eigenvalue weighted by Gasteiger charge is -2.09. The standard InChI is InChI=1S/C18H19N5OS/c1-13(2)14-7-6-8-15(11-14)19-17(24)12-25-18-20-21-22-23(18)16-9-4-3-5-10-16/h3-11,13H,12H2,1-2H3,(H,19,24). The van der Waals surface area contributed by atoms with Crippen molar-refractivity contribution < 1.29 is 4.79 Å². The Hall–Kier alpha value is -2.67. The van der Waals surface area contributed by atoms with Crippen molar-refractivity contribution >= 4 is 23.4 Å². The highest BCUT2D eigenvalue weighted by atomic mass is 32.2. The molecule has 7 heteroatoms. The second-order valence-corrected chi connectivity index (χ2v) is 6.77. The summed E-state index contributed by atoms with van der Waals surface area (Å²) in [5, 5.41) is 15.2. The minimum Gasteiger partial charge on any atom is -0.325 e. The number of hydrogen-bond acceptors (Lipinski definition) is 5. The molecule has 0 saturated carbocycles. The Morgan fingerprint density at radius 3 is 2.72 bits per heavy atom. The molecule has 0 aliphatic heterocycles. The van der Waals surface area contributed by atoms with E-state index in [1.54, 1.807) is 4.68 Å². The minimum absolute atomic E-state index is 0.0893. The molecule has 3 aromatic rings. The number of rotatable bonds is 6. The van der Waals surface area contributed by atoms with E-state index in [0.717, 1.165) is 11.4 Å². The number of carbonyl (C=O) groups excluding carboxylic acids is 1. The van der Waals surface area contributed by atoms with Crippen LogP contribution in [-0.2, 0) is 4.79 Å². The molecule has 0 aliphatic carbocycles. The molecule has 1 amide bonds. The monoisotopic (exact) mass is 353 g/mol. The number of aromatic nitrogens is 4. The molecule has 0 atom stereocenters. The summed E-state index contributed by atoms with van der Waals surface area (Å²) in [7, 11) is 0. The van der Waals surface area contributed by atoms with Gasteiger partial charge >= 0.3 is 0 Å². The van der Waals surface area contributed by atoms with Crippen molar-refractivity contribution in [3.05, 3.63) is 60.2 Å². The first-order chi connectivity index (χ1) is 12.1. The maximum atomic E-state index is 12.2. The highest BCUT2D eigenvalue weighted by molar-refractivity contribution is 7.99. The fraction of sp³-hybridized carbons (Fsp3) is 0.222. The van der Waals surface area contributed by atoms with Crippen molar-refractivity contribution in [2.45, 2.75) is 24.9 Å². The van der Waals surface area contributed by atoms with E-state index in [2.05, 4.69) is 40.8 Å². The van der Waals surface area contributed by atoms with Crippen molar-refractivity contribution in [2.24, 2.45) is 0 Å². The highest BCUT2D eigenvalue weighted by Gasteiger charge is 2.12. The van der Waals surface area contributed by atoms with Gasteiger partial charge in [0.05, 0.1) is 11.4 Å². The number of amides is 1. The molecule has 1 aromatic heterocycles. The summed E-state index contributed by atoms with van der Waals surface area (Å²) in [5.74, 6) is 0.564. The fourth-order valence-electron chi connectivity index (χ4n) is 2.30. The molecule has 128 valence electrons. The summed E-state index contributed by atoms with van der Waals surface area (Å²) in [6, 6.07) is 17.5. The van der Waals surface area contributed by atoms with Crippen molar-refractivity contribution in [2.75, 3.05) is 11.1 Å². The van der Waals surface area contributed by atoms with Crippen molar-refractivity contribution in [3.63, 3.8) is 0 Å². The van der Waals surface area contributed by atoms with Crippen LogP contribution in [-0.4, -0.2) is 31.9 Å². The molecule has 0 saturated heterocycles. The van der Waals surface area contributed by atoms with Crippen LogP contribution >= 0.6 is 11.8 Å². The number of tetrazole rings is 1. The van der Waals surface area contributed by atoms with Gasteiger partial charge in [0, 0.05) is 5.69 Å². The third-order valence-electron chi connectivity index (χ3n) is 3.61. The molecule has 2 aromatic carbocycles. The summed E-state index contributed by atoms with van der Waals surface area (Å²) in [5.41, 5.74) is 2.86. The van der Waals surface area contributed by atoms with E-state index < -0.39 is 0 Å². The van der Waals surface area contributed by atoms with Crippen LogP contribution in [0.3, 0.4) is 0 Å². The van der Waals surface area contributed by atoms with Crippen LogP contribution in [0.5, 0.6) is 0 Å². The number of thioether (sulfide) groups is 1. The van der Waals surface area contributed by atoms with Gasteiger partial charge in [-0.05, 0) is 46.2 Å². The van der Waals surface area contributed by atoms with Crippen LogP contribution in [0.4, 0.5) is 5.69 Å². The van der Waals surface area contributed by atoms with Crippen LogP contribution in [0.15, 0.2) is 59.8 Å². The van der Waals surface area contributed by atoms with Crippen LogP contribution in [0, 0.1) is 0 Å². The van der Waals surface area contributed by atoms with Gasteiger partial charge in [-0.15, -0.1) is 5.10 Å². The van der Waals surface area contributed by atoms with Crippen molar-refractivity contribution in [1.82, 2.24) is 20.2 Å². The second kappa shape index (κ2) is 7.94. The topological polar surface area (TPSA) is 72.7 Å². The number of hydrogen-bond donors (Lipinski definition) is 1. The van der Waals surface area contributed by atoms with Gasteiger partial charge in [0.15, 0.2) is 0 Å². The molecule has 0 fully saturated rings. The van der Waals surface area contributed by atoms with Gasteiger partial charge in [-0.2, -0.15) is 4.68 Å². The molecule has 0 unspecified atom stereocenters. The molecule has 6 nitrogen and oxygen atoms in total. The van der Waals surface area contributed by atoms with Gasteiger partial charge in [0.25, 0.3) is 0 Å². The Balaban J connectivity index is 1.62. The summed E-state index contributed by atoms with van der Waals surface area (Å²) in [4.78, 5) is 12.2. The van der Waals surface area contributed by atoms with Crippen molar-refractivity contribution in [1.29, 1.82) is 0 Å². The van der Waals surface area contributed by atoms with Gasteiger partial charge < -0.3 is 5.32 Å². The SMILES string of the molecule is CC(C)c1cccc(NC(=O)CSc2nnnn2-c2ccccc2)c1. The summed E-state index contributed by atoms with van der Waals surface area (Å²) in [6.45, 7) is 4.25. The largest absolute Gasteiger partial charge is 0.325 e. The quantitative estimate of drug-likeness (QED) is 0.687.